The van der Waals surface area contributed by atoms with Gasteiger partial charge in [-0.3, -0.25) is 4.79 Å². The molecular weight excluding hydrogens is 244 g/mol. The molecule has 5 atom stereocenters. The topological polar surface area (TPSA) is 63.6 Å². The first-order chi connectivity index (χ1) is 8.84. The van der Waals surface area contributed by atoms with E-state index in [0.717, 1.165) is 12.0 Å². The van der Waals surface area contributed by atoms with Crippen molar-refractivity contribution in [2.45, 2.75) is 38.9 Å². The van der Waals surface area contributed by atoms with Crippen molar-refractivity contribution in [3.05, 3.63) is 23.8 Å². The lowest BCUT2D eigenvalue weighted by Crippen LogP contribution is -2.53. The number of fused-ring (bicyclic) bond motifs is 2. The SMILES string of the molecule is C=C1C(=O)O[C@@H]2C[C@@]3(C)[C@H](C[C@@H]12)C(C)=CC(=O)[C@@H]3O. The maximum Gasteiger partial charge on any atom is 0.334 e. The molecule has 1 saturated heterocycles. The van der Waals surface area contributed by atoms with Gasteiger partial charge in [0.25, 0.3) is 0 Å². The van der Waals surface area contributed by atoms with Crippen molar-refractivity contribution < 1.29 is 19.4 Å². The van der Waals surface area contributed by atoms with E-state index in [2.05, 4.69) is 6.58 Å². The fraction of sp³-hybridized carbons (Fsp3) is 0.600. The third-order valence-corrected chi connectivity index (χ3v) is 5.16. The number of ether oxygens (including phenoxy) is 1. The van der Waals surface area contributed by atoms with Gasteiger partial charge in [0.05, 0.1) is 0 Å². The van der Waals surface area contributed by atoms with Crippen molar-refractivity contribution in [3.8, 4) is 0 Å². The summed E-state index contributed by atoms with van der Waals surface area (Å²) in [4.78, 5) is 23.4. The average molecular weight is 262 g/mol. The predicted octanol–water partition coefficient (Wildman–Crippen LogP) is 1.39. The summed E-state index contributed by atoms with van der Waals surface area (Å²) < 4.78 is 5.33. The van der Waals surface area contributed by atoms with Crippen molar-refractivity contribution in [1.82, 2.24) is 0 Å². The van der Waals surface area contributed by atoms with Crippen LogP contribution in [0.15, 0.2) is 23.8 Å². The Morgan fingerprint density at radius 2 is 2.16 bits per heavy atom. The van der Waals surface area contributed by atoms with Gasteiger partial charge in [-0.1, -0.05) is 19.1 Å². The molecule has 0 amide bonds. The van der Waals surface area contributed by atoms with E-state index >= 15 is 0 Å². The summed E-state index contributed by atoms with van der Waals surface area (Å²) in [6, 6.07) is 0. The monoisotopic (exact) mass is 262 g/mol. The molecular formula is C15H18O4. The molecule has 4 heteroatoms. The van der Waals surface area contributed by atoms with Gasteiger partial charge >= 0.3 is 5.97 Å². The van der Waals surface area contributed by atoms with Crippen LogP contribution < -0.4 is 0 Å². The number of aliphatic hydroxyl groups excluding tert-OH is 1. The Bertz CT molecular complexity index is 518. The number of rotatable bonds is 0. The maximum atomic E-state index is 11.8. The van der Waals surface area contributed by atoms with E-state index in [1.807, 2.05) is 13.8 Å². The van der Waals surface area contributed by atoms with E-state index in [1.165, 1.54) is 6.08 Å². The second kappa shape index (κ2) is 3.79. The van der Waals surface area contributed by atoms with Crippen LogP contribution in [-0.2, 0) is 14.3 Å². The Kier molecular flexibility index (Phi) is 2.52. The summed E-state index contributed by atoms with van der Waals surface area (Å²) >= 11 is 0. The Morgan fingerprint density at radius 1 is 1.47 bits per heavy atom. The van der Waals surface area contributed by atoms with E-state index < -0.39 is 11.5 Å². The summed E-state index contributed by atoms with van der Waals surface area (Å²) in [6.07, 6.45) is 1.53. The second-order valence-electron chi connectivity index (χ2n) is 6.27. The first-order valence-electron chi connectivity index (χ1n) is 6.64. The first-order valence-corrected chi connectivity index (χ1v) is 6.64. The van der Waals surface area contributed by atoms with E-state index in [4.69, 9.17) is 4.74 Å². The summed E-state index contributed by atoms with van der Waals surface area (Å²) in [5.41, 5.74) is 0.983. The van der Waals surface area contributed by atoms with Gasteiger partial charge < -0.3 is 9.84 Å². The molecule has 1 aliphatic heterocycles. The number of hydrogen-bond acceptors (Lipinski definition) is 4. The number of ketones is 1. The minimum atomic E-state index is -1.00. The molecule has 102 valence electrons. The minimum absolute atomic E-state index is 0.0225. The number of carbonyl (C=O) groups is 2. The zero-order valence-electron chi connectivity index (χ0n) is 11.2. The Morgan fingerprint density at radius 3 is 2.84 bits per heavy atom. The zero-order chi connectivity index (χ0) is 13.9. The van der Waals surface area contributed by atoms with Crippen LogP contribution in [0.3, 0.4) is 0 Å². The quantitative estimate of drug-likeness (QED) is 0.529. The predicted molar refractivity (Wildman–Crippen MR) is 68.1 cm³/mol. The second-order valence-corrected chi connectivity index (χ2v) is 6.27. The van der Waals surface area contributed by atoms with Gasteiger partial charge in [0.1, 0.15) is 12.2 Å². The lowest BCUT2D eigenvalue weighted by molar-refractivity contribution is -0.148. The largest absolute Gasteiger partial charge is 0.458 e. The molecule has 4 nitrogen and oxygen atoms in total. The number of hydrogen-bond donors (Lipinski definition) is 1. The number of carbonyl (C=O) groups excluding carboxylic acids is 2. The molecule has 3 rings (SSSR count). The third kappa shape index (κ3) is 1.56. The highest BCUT2D eigenvalue weighted by Crippen LogP contribution is 2.54. The smallest absolute Gasteiger partial charge is 0.334 e. The number of esters is 1. The molecule has 1 heterocycles. The van der Waals surface area contributed by atoms with E-state index in [-0.39, 0.29) is 29.7 Å². The van der Waals surface area contributed by atoms with Gasteiger partial charge in [-0.25, -0.2) is 4.79 Å². The van der Waals surface area contributed by atoms with Crippen molar-refractivity contribution in [2.24, 2.45) is 17.3 Å². The van der Waals surface area contributed by atoms with Crippen molar-refractivity contribution in [2.75, 3.05) is 0 Å². The van der Waals surface area contributed by atoms with Crippen LogP contribution in [0.5, 0.6) is 0 Å². The van der Waals surface area contributed by atoms with Crippen LogP contribution in [0.2, 0.25) is 0 Å². The standard InChI is InChI=1S/C15H18O4/c1-7-4-11(16)13(17)15(3)6-12-9(5-10(7)15)8(2)14(18)19-12/h4,9-10,12-13,17H,2,5-6H2,1,3H3/t9-,10+,12+,13-,15-/m0/s1. The number of aliphatic hydroxyl groups is 1. The molecule has 0 spiro atoms. The van der Waals surface area contributed by atoms with Crippen LogP contribution >= 0.6 is 0 Å². The lowest BCUT2D eigenvalue weighted by atomic mass is 9.55. The molecule has 1 N–H and O–H groups in total. The average Bonchev–Trinajstić information content (AvgIpc) is 2.60. The van der Waals surface area contributed by atoms with Crippen LogP contribution in [0.1, 0.15) is 26.7 Å². The van der Waals surface area contributed by atoms with Crippen molar-refractivity contribution in [3.63, 3.8) is 0 Å². The fourth-order valence-corrected chi connectivity index (χ4v) is 3.99. The Hall–Kier alpha value is -1.42. The molecule has 1 saturated carbocycles. The molecule has 19 heavy (non-hydrogen) atoms. The summed E-state index contributed by atoms with van der Waals surface area (Å²) in [7, 11) is 0. The molecule has 3 aliphatic rings. The molecule has 0 aromatic heterocycles. The molecule has 0 bridgehead atoms. The summed E-state index contributed by atoms with van der Waals surface area (Å²) in [5.74, 6) is -0.445. The number of allylic oxidation sites excluding steroid dienone is 1. The molecule has 0 aromatic rings. The van der Waals surface area contributed by atoms with E-state index in [1.54, 1.807) is 0 Å². The highest BCUT2D eigenvalue weighted by molar-refractivity contribution is 5.96. The third-order valence-electron chi connectivity index (χ3n) is 5.16. The van der Waals surface area contributed by atoms with E-state index in [0.29, 0.717) is 12.0 Å². The highest BCUT2D eigenvalue weighted by Gasteiger charge is 2.56. The zero-order valence-corrected chi connectivity index (χ0v) is 11.2. The lowest BCUT2D eigenvalue weighted by Gasteiger charge is -2.49. The first kappa shape index (κ1) is 12.6. The molecule has 2 fully saturated rings. The highest BCUT2D eigenvalue weighted by atomic mass is 16.6. The maximum absolute atomic E-state index is 11.8. The molecule has 0 unspecified atom stereocenters. The van der Waals surface area contributed by atoms with Crippen LogP contribution in [0, 0.1) is 17.3 Å². The molecule has 2 aliphatic carbocycles. The Labute approximate surface area is 112 Å². The van der Waals surface area contributed by atoms with Crippen LogP contribution in [0.4, 0.5) is 0 Å². The van der Waals surface area contributed by atoms with Gasteiger partial charge in [0.2, 0.25) is 0 Å². The van der Waals surface area contributed by atoms with Gasteiger partial charge in [-0.15, -0.1) is 0 Å². The minimum Gasteiger partial charge on any atom is -0.458 e. The Balaban J connectivity index is 2.01. The van der Waals surface area contributed by atoms with Crippen molar-refractivity contribution >= 4 is 11.8 Å². The fourth-order valence-electron chi connectivity index (χ4n) is 3.99. The van der Waals surface area contributed by atoms with Gasteiger partial charge in [0.15, 0.2) is 5.78 Å². The summed E-state index contributed by atoms with van der Waals surface area (Å²) in [6.45, 7) is 7.66. The van der Waals surface area contributed by atoms with Crippen LogP contribution in [-0.4, -0.2) is 29.1 Å². The molecule has 0 aromatic carbocycles. The normalized spacial score (nSPS) is 45.4. The van der Waals surface area contributed by atoms with Crippen LogP contribution in [0.25, 0.3) is 0 Å². The summed E-state index contributed by atoms with van der Waals surface area (Å²) in [5, 5.41) is 10.2. The van der Waals surface area contributed by atoms with Gasteiger partial charge in [-0.2, -0.15) is 0 Å². The van der Waals surface area contributed by atoms with Crippen molar-refractivity contribution in [1.29, 1.82) is 0 Å². The van der Waals surface area contributed by atoms with Gasteiger partial charge in [0, 0.05) is 16.9 Å². The van der Waals surface area contributed by atoms with Gasteiger partial charge in [-0.05, 0) is 31.8 Å². The molecule has 0 radical (unpaired) electrons. The van der Waals surface area contributed by atoms with E-state index in [9.17, 15) is 14.7 Å².